The van der Waals surface area contributed by atoms with Crippen molar-refractivity contribution < 1.29 is 4.74 Å². The van der Waals surface area contributed by atoms with Crippen molar-refractivity contribution in [3.8, 4) is 5.75 Å². The fraction of sp³-hybridized carbons (Fsp3) is 0.571. The number of alkyl halides is 1. The minimum absolute atomic E-state index is 0.120. The molecule has 0 unspecified atom stereocenters. The first kappa shape index (κ1) is 14.2. The van der Waals surface area contributed by atoms with Gasteiger partial charge in [-0.2, -0.15) is 0 Å². The molecular formula is C14H19BrClNO. The van der Waals surface area contributed by atoms with Crippen LogP contribution in [0.5, 0.6) is 5.75 Å². The van der Waals surface area contributed by atoms with Gasteiger partial charge < -0.3 is 10.1 Å². The van der Waals surface area contributed by atoms with Gasteiger partial charge in [0.2, 0.25) is 0 Å². The van der Waals surface area contributed by atoms with Gasteiger partial charge in [-0.3, -0.25) is 0 Å². The van der Waals surface area contributed by atoms with Crippen LogP contribution in [0.15, 0.2) is 22.7 Å². The number of ether oxygens (including phenoxy) is 1. The summed E-state index contributed by atoms with van der Waals surface area (Å²) in [7, 11) is 1.71. The third-order valence-electron chi connectivity index (χ3n) is 3.71. The maximum atomic E-state index is 6.13. The molecule has 1 N–H and O–H groups in total. The molecule has 0 aliphatic heterocycles. The van der Waals surface area contributed by atoms with Gasteiger partial charge >= 0.3 is 0 Å². The SMILES string of the molecule is COc1ccc(Br)cc1CNC1(CCl)CCCC1. The quantitative estimate of drug-likeness (QED) is 0.820. The van der Waals surface area contributed by atoms with E-state index in [1.807, 2.05) is 12.1 Å². The minimum Gasteiger partial charge on any atom is -0.496 e. The Labute approximate surface area is 122 Å². The highest BCUT2D eigenvalue weighted by Crippen LogP contribution is 2.32. The maximum absolute atomic E-state index is 6.13. The zero-order valence-corrected chi connectivity index (χ0v) is 13.0. The Balaban J connectivity index is 2.07. The van der Waals surface area contributed by atoms with E-state index in [1.165, 1.54) is 31.2 Å². The molecule has 4 heteroatoms. The van der Waals surface area contributed by atoms with Crippen LogP contribution in [0.1, 0.15) is 31.2 Å². The molecule has 100 valence electrons. The summed E-state index contributed by atoms with van der Waals surface area (Å²) in [5.41, 5.74) is 1.29. The van der Waals surface area contributed by atoms with E-state index in [9.17, 15) is 0 Å². The highest BCUT2D eigenvalue weighted by atomic mass is 79.9. The zero-order valence-electron chi connectivity index (χ0n) is 10.6. The third-order valence-corrected chi connectivity index (χ3v) is 4.72. The molecule has 0 aromatic heterocycles. The van der Waals surface area contributed by atoms with Gasteiger partial charge in [0.25, 0.3) is 0 Å². The summed E-state index contributed by atoms with van der Waals surface area (Å²) in [6.07, 6.45) is 4.89. The lowest BCUT2D eigenvalue weighted by Gasteiger charge is -2.28. The van der Waals surface area contributed by atoms with Crippen LogP contribution >= 0.6 is 27.5 Å². The fourth-order valence-electron chi connectivity index (χ4n) is 2.58. The van der Waals surface area contributed by atoms with Crippen molar-refractivity contribution in [2.24, 2.45) is 0 Å². The summed E-state index contributed by atoms with van der Waals surface area (Å²) in [5.74, 6) is 1.61. The molecule has 0 atom stereocenters. The minimum atomic E-state index is 0.120. The van der Waals surface area contributed by atoms with E-state index in [0.717, 1.165) is 16.8 Å². The van der Waals surface area contributed by atoms with E-state index in [1.54, 1.807) is 7.11 Å². The summed E-state index contributed by atoms with van der Waals surface area (Å²) in [5, 5.41) is 3.63. The predicted octanol–water partition coefficient (Wildman–Crippen LogP) is 4.10. The molecule has 0 amide bonds. The van der Waals surface area contributed by atoms with Crippen LogP contribution in [0.2, 0.25) is 0 Å². The second kappa shape index (κ2) is 6.27. The van der Waals surface area contributed by atoms with Crippen molar-refractivity contribution in [3.63, 3.8) is 0 Å². The molecule has 1 fully saturated rings. The Morgan fingerprint density at radius 1 is 1.39 bits per heavy atom. The average molecular weight is 333 g/mol. The van der Waals surface area contributed by atoms with Crippen molar-refractivity contribution in [2.45, 2.75) is 37.8 Å². The summed E-state index contributed by atoms with van der Waals surface area (Å²) in [6, 6.07) is 6.08. The fourth-order valence-corrected chi connectivity index (χ4v) is 3.35. The predicted molar refractivity (Wildman–Crippen MR) is 79.5 cm³/mol. The highest BCUT2D eigenvalue weighted by Gasteiger charge is 2.32. The van der Waals surface area contributed by atoms with Crippen LogP contribution in [0.4, 0.5) is 0 Å². The van der Waals surface area contributed by atoms with E-state index < -0.39 is 0 Å². The number of rotatable bonds is 5. The number of benzene rings is 1. The molecule has 0 radical (unpaired) electrons. The van der Waals surface area contributed by atoms with Crippen LogP contribution in [-0.4, -0.2) is 18.5 Å². The standard InChI is InChI=1S/C14H19BrClNO/c1-18-13-5-4-12(15)8-11(13)9-17-14(10-16)6-2-3-7-14/h4-5,8,17H,2-3,6-7,9-10H2,1H3. The molecule has 2 rings (SSSR count). The molecule has 1 saturated carbocycles. The summed E-state index contributed by atoms with van der Waals surface area (Å²) in [6.45, 7) is 0.801. The van der Waals surface area contributed by atoms with Crippen molar-refractivity contribution in [3.05, 3.63) is 28.2 Å². The second-order valence-electron chi connectivity index (χ2n) is 4.93. The van der Waals surface area contributed by atoms with Gasteiger partial charge in [0.05, 0.1) is 7.11 Å². The number of hydrogen-bond donors (Lipinski definition) is 1. The first-order chi connectivity index (χ1) is 8.69. The molecule has 0 bridgehead atoms. The van der Waals surface area contributed by atoms with E-state index in [-0.39, 0.29) is 5.54 Å². The highest BCUT2D eigenvalue weighted by molar-refractivity contribution is 9.10. The smallest absolute Gasteiger partial charge is 0.123 e. The monoisotopic (exact) mass is 331 g/mol. The van der Waals surface area contributed by atoms with Gasteiger partial charge in [-0.1, -0.05) is 28.8 Å². The van der Waals surface area contributed by atoms with Crippen molar-refractivity contribution >= 4 is 27.5 Å². The molecule has 0 heterocycles. The van der Waals surface area contributed by atoms with E-state index in [2.05, 4.69) is 27.3 Å². The summed E-state index contributed by atoms with van der Waals surface area (Å²) >= 11 is 9.63. The number of halogens is 2. The van der Waals surface area contributed by atoms with Gasteiger partial charge in [-0.05, 0) is 31.0 Å². The van der Waals surface area contributed by atoms with Crippen LogP contribution in [0.25, 0.3) is 0 Å². The molecule has 0 spiro atoms. The first-order valence-corrected chi connectivity index (χ1v) is 7.65. The van der Waals surface area contributed by atoms with Crippen molar-refractivity contribution in [2.75, 3.05) is 13.0 Å². The number of nitrogens with one attached hydrogen (secondary N) is 1. The number of methoxy groups -OCH3 is 1. The van der Waals surface area contributed by atoms with Crippen LogP contribution in [-0.2, 0) is 6.54 Å². The molecule has 2 nitrogen and oxygen atoms in total. The Kier molecular flexibility index (Phi) is 4.93. The number of hydrogen-bond acceptors (Lipinski definition) is 2. The maximum Gasteiger partial charge on any atom is 0.123 e. The van der Waals surface area contributed by atoms with Gasteiger partial charge in [0, 0.05) is 28.0 Å². The second-order valence-corrected chi connectivity index (χ2v) is 6.11. The lowest BCUT2D eigenvalue weighted by atomic mass is 10.00. The van der Waals surface area contributed by atoms with Gasteiger partial charge in [-0.25, -0.2) is 0 Å². The first-order valence-electron chi connectivity index (χ1n) is 6.32. The molecule has 0 saturated heterocycles. The summed E-state index contributed by atoms with van der Waals surface area (Å²) in [4.78, 5) is 0. The Morgan fingerprint density at radius 3 is 2.72 bits per heavy atom. The zero-order chi connectivity index (χ0) is 13.0. The van der Waals surface area contributed by atoms with Crippen LogP contribution in [0, 0.1) is 0 Å². The van der Waals surface area contributed by atoms with E-state index >= 15 is 0 Å². The van der Waals surface area contributed by atoms with Gasteiger partial charge in [0.15, 0.2) is 0 Å². The van der Waals surface area contributed by atoms with Crippen LogP contribution < -0.4 is 10.1 Å². The van der Waals surface area contributed by atoms with Crippen LogP contribution in [0.3, 0.4) is 0 Å². The molecule has 1 aromatic carbocycles. The van der Waals surface area contributed by atoms with Crippen molar-refractivity contribution in [1.82, 2.24) is 5.32 Å². The third kappa shape index (κ3) is 3.19. The van der Waals surface area contributed by atoms with Gasteiger partial charge in [0.1, 0.15) is 5.75 Å². The Hall–Kier alpha value is -0.250. The lowest BCUT2D eigenvalue weighted by molar-refractivity contribution is 0.358. The Morgan fingerprint density at radius 2 is 2.11 bits per heavy atom. The normalized spacial score (nSPS) is 17.9. The largest absolute Gasteiger partial charge is 0.496 e. The molecule has 1 aliphatic carbocycles. The molecule has 18 heavy (non-hydrogen) atoms. The van der Waals surface area contributed by atoms with Gasteiger partial charge in [-0.15, -0.1) is 11.6 Å². The molecular weight excluding hydrogens is 314 g/mol. The molecule has 1 aliphatic rings. The topological polar surface area (TPSA) is 21.3 Å². The Bertz CT molecular complexity index is 405. The average Bonchev–Trinajstić information content (AvgIpc) is 2.86. The van der Waals surface area contributed by atoms with Crippen molar-refractivity contribution in [1.29, 1.82) is 0 Å². The van der Waals surface area contributed by atoms with E-state index in [4.69, 9.17) is 16.3 Å². The van der Waals surface area contributed by atoms with E-state index in [0.29, 0.717) is 5.88 Å². The summed E-state index contributed by atoms with van der Waals surface area (Å²) < 4.78 is 6.46. The lowest BCUT2D eigenvalue weighted by Crippen LogP contribution is -2.43. The molecule has 1 aromatic rings.